The van der Waals surface area contributed by atoms with E-state index >= 15 is 0 Å². The maximum absolute atomic E-state index is 13.4. The predicted molar refractivity (Wildman–Crippen MR) is 156 cm³/mol. The first-order valence-corrected chi connectivity index (χ1v) is 12.9. The Kier molecular flexibility index (Phi) is 7.50. The van der Waals surface area contributed by atoms with Gasteiger partial charge in [-0.15, -0.1) is 0 Å². The largest absolute Gasteiger partial charge is 0.489 e. The van der Waals surface area contributed by atoms with Gasteiger partial charge < -0.3 is 14.4 Å². The molecule has 0 unspecified atom stereocenters. The van der Waals surface area contributed by atoms with Crippen molar-refractivity contribution < 1.29 is 28.6 Å². The summed E-state index contributed by atoms with van der Waals surface area (Å²) in [6.07, 6.45) is 1.52. The molecule has 2 heterocycles. The number of nitrogens with one attached hydrogen (secondary N) is 1. The molecule has 1 saturated heterocycles. The summed E-state index contributed by atoms with van der Waals surface area (Å²) in [5, 5.41) is 11.6. The van der Waals surface area contributed by atoms with Gasteiger partial charge in [0.2, 0.25) is 0 Å². The van der Waals surface area contributed by atoms with E-state index < -0.39 is 17.8 Å². The van der Waals surface area contributed by atoms with Crippen LogP contribution in [0.1, 0.15) is 32.9 Å². The number of ether oxygens (including phenoxy) is 1. The number of anilines is 1. The molecule has 3 aromatic carbocycles. The highest BCUT2D eigenvalue weighted by molar-refractivity contribution is 7.80. The molecule has 206 valence electrons. The van der Waals surface area contributed by atoms with Crippen molar-refractivity contribution in [3.63, 3.8) is 0 Å². The Morgan fingerprint density at radius 1 is 0.976 bits per heavy atom. The number of carbonyl (C=O) groups excluding carboxylic acids is 2. The lowest BCUT2D eigenvalue weighted by Gasteiger charge is -2.29. The van der Waals surface area contributed by atoms with E-state index in [-0.39, 0.29) is 22.1 Å². The van der Waals surface area contributed by atoms with Gasteiger partial charge in [-0.05, 0) is 110 Å². The number of aromatic nitrogens is 1. The average molecular weight is 570 g/mol. The molecule has 1 aromatic heterocycles. The summed E-state index contributed by atoms with van der Waals surface area (Å²) in [7, 11) is 0. The van der Waals surface area contributed by atoms with Crippen LogP contribution in [0.4, 0.5) is 10.1 Å². The van der Waals surface area contributed by atoms with Crippen LogP contribution in [-0.4, -0.2) is 32.6 Å². The summed E-state index contributed by atoms with van der Waals surface area (Å²) >= 11 is 5.24. The van der Waals surface area contributed by atoms with Crippen LogP contribution in [-0.2, 0) is 16.2 Å². The predicted octanol–water partition coefficient (Wildman–Crippen LogP) is 5.34. The second-order valence-corrected chi connectivity index (χ2v) is 9.77. The molecule has 5 rings (SSSR count). The number of halogens is 1. The number of carboxylic acids is 1. The summed E-state index contributed by atoms with van der Waals surface area (Å²) in [6, 6.07) is 21.1. The second kappa shape index (κ2) is 11.2. The van der Waals surface area contributed by atoms with Gasteiger partial charge in [0.05, 0.1) is 11.3 Å². The summed E-state index contributed by atoms with van der Waals surface area (Å²) < 4.78 is 20.9. The van der Waals surface area contributed by atoms with Gasteiger partial charge in [0.1, 0.15) is 23.7 Å². The highest BCUT2D eigenvalue weighted by Gasteiger charge is 2.34. The molecule has 0 saturated carbocycles. The Labute approximate surface area is 240 Å². The summed E-state index contributed by atoms with van der Waals surface area (Å²) in [5.74, 6) is -1.98. The third kappa shape index (κ3) is 5.64. The highest BCUT2D eigenvalue weighted by Crippen LogP contribution is 2.27. The number of aromatic carboxylic acids is 1. The SMILES string of the molecule is Cc1cc(/C=C2\C(=O)NC(=S)N(c3ccc(C(=O)O)cc3)C2=O)c(C)n1-c1ccc(OCc2ccc(F)cc2)cc1. The molecule has 0 bridgehead atoms. The Morgan fingerprint density at radius 2 is 1.61 bits per heavy atom. The lowest BCUT2D eigenvalue weighted by Crippen LogP contribution is -2.54. The maximum Gasteiger partial charge on any atom is 0.335 e. The number of hydrogen-bond donors (Lipinski definition) is 2. The Hall–Kier alpha value is -5.09. The van der Waals surface area contributed by atoms with Gasteiger partial charge in [0.15, 0.2) is 5.11 Å². The molecule has 8 nitrogen and oxygen atoms in total. The minimum absolute atomic E-state index is 0.0591. The van der Waals surface area contributed by atoms with Crippen LogP contribution in [0.15, 0.2) is 84.4 Å². The number of nitrogens with zero attached hydrogens (tertiary/aromatic N) is 2. The van der Waals surface area contributed by atoms with Crippen molar-refractivity contribution in [3.05, 3.63) is 118 Å². The Morgan fingerprint density at radius 3 is 2.24 bits per heavy atom. The standard InChI is InChI=1S/C31H24FN3O5S/c1-18-15-22(16-27-28(36)33-31(41)35(29(27)37)25-9-5-21(6-10-25)30(38)39)19(2)34(18)24-11-13-26(14-12-24)40-17-20-3-7-23(32)8-4-20/h3-16H,17H2,1-2H3,(H,38,39)(H,33,36,41)/b27-16+. The maximum atomic E-state index is 13.4. The van der Waals surface area contributed by atoms with Crippen molar-refractivity contribution in [3.8, 4) is 11.4 Å². The molecule has 2 N–H and O–H groups in total. The van der Waals surface area contributed by atoms with Crippen LogP contribution in [0.5, 0.6) is 5.75 Å². The first-order chi connectivity index (χ1) is 19.6. The van der Waals surface area contributed by atoms with Crippen LogP contribution >= 0.6 is 12.2 Å². The molecule has 0 atom stereocenters. The number of carboxylic acid groups (broad SMARTS) is 1. The molecule has 10 heteroatoms. The lowest BCUT2D eigenvalue weighted by molar-refractivity contribution is -0.122. The number of rotatable bonds is 7. The molecule has 1 fully saturated rings. The number of aryl methyl sites for hydroxylation is 1. The average Bonchev–Trinajstić information content (AvgIpc) is 3.23. The number of thiocarbonyl (C=S) groups is 1. The Balaban J connectivity index is 1.38. The van der Waals surface area contributed by atoms with Crippen LogP contribution in [0.3, 0.4) is 0 Å². The minimum atomic E-state index is -1.10. The summed E-state index contributed by atoms with van der Waals surface area (Å²) in [5.41, 5.74) is 4.36. The first-order valence-electron chi connectivity index (χ1n) is 12.5. The van der Waals surface area contributed by atoms with Gasteiger partial charge in [0.25, 0.3) is 11.8 Å². The van der Waals surface area contributed by atoms with E-state index in [0.717, 1.165) is 27.5 Å². The third-order valence-corrected chi connectivity index (χ3v) is 6.94. The molecule has 0 radical (unpaired) electrons. The van der Waals surface area contributed by atoms with Gasteiger partial charge >= 0.3 is 5.97 Å². The fourth-order valence-corrected chi connectivity index (χ4v) is 4.85. The van der Waals surface area contributed by atoms with Crippen LogP contribution in [0.25, 0.3) is 11.8 Å². The topological polar surface area (TPSA) is 101 Å². The molecular formula is C31H24FN3O5S. The summed E-state index contributed by atoms with van der Waals surface area (Å²) in [4.78, 5) is 38.6. The monoisotopic (exact) mass is 569 g/mol. The van der Waals surface area contributed by atoms with Gasteiger partial charge in [-0.1, -0.05) is 12.1 Å². The van der Waals surface area contributed by atoms with E-state index in [0.29, 0.717) is 23.6 Å². The van der Waals surface area contributed by atoms with E-state index in [9.17, 15) is 18.8 Å². The van der Waals surface area contributed by atoms with Gasteiger partial charge in [-0.25, -0.2) is 9.18 Å². The zero-order valence-corrected chi connectivity index (χ0v) is 22.9. The van der Waals surface area contributed by atoms with Crippen molar-refractivity contribution >= 4 is 46.9 Å². The zero-order chi connectivity index (χ0) is 29.3. The highest BCUT2D eigenvalue weighted by atomic mass is 32.1. The number of hydrogen-bond acceptors (Lipinski definition) is 5. The Bertz CT molecular complexity index is 1710. The molecule has 1 aliphatic heterocycles. The van der Waals surface area contributed by atoms with Gasteiger partial charge in [0, 0.05) is 17.1 Å². The van der Waals surface area contributed by atoms with Crippen molar-refractivity contribution in [1.82, 2.24) is 9.88 Å². The summed E-state index contributed by atoms with van der Waals surface area (Å²) in [6.45, 7) is 4.11. The lowest BCUT2D eigenvalue weighted by atomic mass is 10.1. The van der Waals surface area contributed by atoms with E-state index in [2.05, 4.69) is 5.32 Å². The fourth-order valence-electron chi connectivity index (χ4n) is 4.57. The van der Waals surface area contributed by atoms with Gasteiger partial charge in [-0.3, -0.25) is 19.8 Å². The second-order valence-electron chi connectivity index (χ2n) is 9.38. The number of benzene rings is 3. The van der Waals surface area contributed by atoms with Crippen LogP contribution in [0, 0.1) is 19.7 Å². The van der Waals surface area contributed by atoms with Crippen LogP contribution in [0.2, 0.25) is 0 Å². The molecular weight excluding hydrogens is 545 g/mol. The molecule has 4 aromatic rings. The number of carbonyl (C=O) groups is 3. The van der Waals surface area contributed by atoms with E-state index in [1.165, 1.54) is 42.5 Å². The van der Waals surface area contributed by atoms with Crippen LogP contribution < -0.4 is 15.0 Å². The van der Waals surface area contributed by atoms with Crippen molar-refractivity contribution in [2.45, 2.75) is 20.5 Å². The normalized spacial score (nSPS) is 14.4. The van der Waals surface area contributed by atoms with Gasteiger partial charge in [-0.2, -0.15) is 0 Å². The molecule has 2 amide bonds. The zero-order valence-electron chi connectivity index (χ0n) is 22.1. The van der Waals surface area contributed by atoms with E-state index in [1.807, 2.05) is 48.7 Å². The quantitative estimate of drug-likeness (QED) is 0.177. The molecule has 1 aliphatic rings. The van der Waals surface area contributed by atoms with Crippen molar-refractivity contribution in [1.29, 1.82) is 0 Å². The minimum Gasteiger partial charge on any atom is -0.489 e. The van der Waals surface area contributed by atoms with Crippen molar-refractivity contribution in [2.75, 3.05) is 4.90 Å². The van der Waals surface area contributed by atoms with E-state index in [1.54, 1.807) is 12.1 Å². The van der Waals surface area contributed by atoms with E-state index in [4.69, 9.17) is 22.1 Å². The van der Waals surface area contributed by atoms with Crippen molar-refractivity contribution in [2.24, 2.45) is 0 Å². The fraction of sp³-hybridized carbons (Fsp3) is 0.0968. The third-order valence-electron chi connectivity index (χ3n) is 6.66. The smallest absolute Gasteiger partial charge is 0.335 e. The molecule has 0 aliphatic carbocycles. The number of amides is 2. The molecule has 0 spiro atoms. The molecule has 41 heavy (non-hydrogen) atoms. The first kappa shape index (κ1) is 27.5.